The molecular weight excluding hydrogens is 394 g/mol. The number of anilines is 1. The molecule has 2 aromatic carbocycles. The summed E-state index contributed by atoms with van der Waals surface area (Å²) in [5.41, 5.74) is 2.14. The molecule has 2 atom stereocenters. The Morgan fingerprint density at radius 3 is 2.48 bits per heavy atom. The molecule has 31 heavy (non-hydrogen) atoms. The lowest BCUT2D eigenvalue weighted by Gasteiger charge is -2.35. The fourth-order valence-electron chi connectivity index (χ4n) is 4.54. The molecule has 2 aromatic rings. The minimum absolute atomic E-state index is 0.00457. The number of benzene rings is 2. The summed E-state index contributed by atoms with van der Waals surface area (Å²) in [6, 6.07) is 17.8. The molecule has 0 unspecified atom stereocenters. The molecule has 2 heterocycles. The number of fused-ring (bicyclic) bond motifs is 2. The fraction of sp³-hybridized carbons (Fsp3) is 0.375. The van der Waals surface area contributed by atoms with Crippen LogP contribution in [-0.2, 0) is 19.8 Å². The average molecular weight is 424 g/mol. The van der Waals surface area contributed by atoms with Crippen molar-refractivity contribution in [3.05, 3.63) is 65.7 Å². The van der Waals surface area contributed by atoms with Crippen molar-refractivity contribution < 1.29 is 19.5 Å². The van der Waals surface area contributed by atoms with E-state index in [2.05, 4.69) is 19.2 Å². The van der Waals surface area contributed by atoms with Crippen molar-refractivity contribution in [2.75, 3.05) is 25.5 Å². The first kappa shape index (κ1) is 22.5. The lowest BCUT2D eigenvalue weighted by molar-refractivity contribution is -0.134. The molecule has 0 radical (unpaired) electrons. The fourth-order valence-corrected chi connectivity index (χ4v) is 4.54. The standard InChI is InChI=1S/C23H27N3O2.CH2O2/c1-16(2)25(3)15-20(27)26-14-13-23(21(26)17-9-5-4-6-10-17)18-11-7-8-12-19(18)24-22(23)28;2-1-3/h4-12,16,21H,13-15H2,1-3H3,(H,24,28);1H,(H,2,3)/t21-,23+;/m0./s1. The van der Waals surface area contributed by atoms with Crippen LogP contribution >= 0.6 is 0 Å². The van der Waals surface area contributed by atoms with Gasteiger partial charge in [0.25, 0.3) is 6.47 Å². The number of nitrogens with zero attached hydrogens (tertiary/aromatic N) is 2. The van der Waals surface area contributed by atoms with Gasteiger partial charge >= 0.3 is 0 Å². The topological polar surface area (TPSA) is 90.0 Å². The lowest BCUT2D eigenvalue weighted by Crippen LogP contribution is -2.45. The van der Waals surface area contributed by atoms with Crippen LogP contribution in [0, 0.1) is 0 Å². The number of para-hydroxylation sites is 1. The zero-order valence-electron chi connectivity index (χ0n) is 18.1. The molecular formula is C24H29N3O4. The molecule has 1 saturated heterocycles. The van der Waals surface area contributed by atoms with E-state index < -0.39 is 5.41 Å². The molecule has 7 heteroatoms. The highest BCUT2D eigenvalue weighted by Crippen LogP contribution is 2.54. The molecule has 7 nitrogen and oxygen atoms in total. The summed E-state index contributed by atoms with van der Waals surface area (Å²) in [5.74, 6) is 0.0641. The van der Waals surface area contributed by atoms with Crippen LogP contribution in [0.2, 0.25) is 0 Å². The van der Waals surface area contributed by atoms with Gasteiger partial charge in [-0.3, -0.25) is 19.3 Å². The van der Waals surface area contributed by atoms with E-state index in [9.17, 15) is 9.59 Å². The number of carbonyl (C=O) groups is 3. The van der Waals surface area contributed by atoms with E-state index in [0.717, 1.165) is 16.8 Å². The predicted octanol–water partition coefficient (Wildman–Crippen LogP) is 2.89. The molecule has 2 amide bonds. The van der Waals surface area contributed by atoms with Crippen molar-refractivity contribution in [2.24, 2.45) is 0 Å². The lowest BCUT2D eigenvalue weighted by atomic mass is 9.72. The maximum absolute atomic E-state index is 13.3. The summed E-state index contributed by atoms with van der Waals surface area (Å²) in [5, 5.41) is 9.95. The Hall–Kier alpha value is -3.19. The highest BCUT2D eigenvalue weighted by molar-refractivity contribution is 6.07. The Kier molecular flexibility index (Phi) is 6.75. The summed E-state index contributed by atoms with van der Waals surface area (Å²) < 4.78 is 0. The smallest absolute Gasteiger partial charge is 0.290 e. The van der Waals surface area contributed by atoms with E-state index in [1.54, 1.807) is 0 Å². The van der Waals surface area contributed by atoms with Gasteiger partial charge in [0.15, 0.2) is 0 Å². The van der Waals surface area contributed by atoms with Crippen LogP contribution in [0.1, 0.15) is 37.4 Å². The Labute approximate surface area is 182 Å². The van der Waals surface area contributed by atoms with Crippen LogP contribution in [-0.4, -0.2) is 59.4 Å². The van der Waals surface area contributed by atoms with E-state index in [1.807, 2.05) is 71.4 Å². The number of hydrogen-bond donors (Lipinski definition) is 2. The first-order valence-electron chi connectivity index (χ1n) is 10.4. The second kappa shape index (κ2) is 9.31. The third kappa shape index (κ3) is 4.05. The Morgan fingerprint density at radius 1 is 1.23 bits per heavy atom. The number of amides is 2. The first-order chi connectivity index (χ1) is 14.9. The van der Waals surface area contributed by atoms with Gasteiger partial charge in [-0.15, -0.1) is 0 Å². The van der Waals surface area contributed by atoms with E-state index in [1.165, 1.54) is 0 Å². The third-order valence-electron chi connectivity index (χ3n) is 6.29. The predicted molar refractivity (Wildman–Crippen MR) is 119 cm³/mol. The van der Waals surface area contributed by atoms with Gasteiger partial charge in [-0.25, -0.2) is 0 Å². The molecule has 4 rings (SSSR count). The normalized spacial score (nSPS) is 21.6. The van der Waals surface area contributed by atoms with Gasteiger partial charge in [0.1, 0.15) is 5.41 Å². The molecule has 164 valence electrons. The molecule has 1 spiro atoms. The Morgan fingerprint density at radius 2 is 1.84 bits per heavy atom. The Balaban J connectivity index is 0.000000858. The summed E-state index contributed by atoms with van der Waals surface area (Å²) >= 11 is 0. The molecule has 0 aromatic heterocycles. The second-order valence-electron chi connectivity index (χ2n) is 8.24. The highest BCUT2D eigenvalue weighted by Gasteiger charge is 2.59. The SMILES string of the molecule is CC(C)N(C)CC(=O)N1CC[C@]2(C(=O)Nc3ccccc32)[C@@H]1c1ccccc1.O=CO. The maximum Gasteiger partial charge on any atom is 0.290 e. The van der Waals surface area contributed by atoms with Crippen LogP contribution in [0.25, 0.3) is 0 Å². The van der Waals surface area contributed by atoms with Gasteiger partial charge in [0, 0.05) is 18.3 Å². The Bertz CT molecular complexity index is 947. The van der Waals surface area contributed by atoms with Gasteiger partial charge in [-0.05, 0) is 44.5 Å². The van der Waals surface area contributed by atoms with Crippen molar-refractivity contribution in [1.29, 1.82) is 0 Å². The first-order valence-corrected chi connectivity index (χ1v) is 10.4. The third-order valence-corrected chi connectivity index (χ3v) is 6.29. The van der Waals surface area contributed by atoms with Crippen molar-refractivity contribution in [3.63, 3.8) is 0 Å². The minimum Gasteiger partial charge on any atom is -0.483 e. The summed E-state index contributed by atoms with van der Waals surface area (Å²) in [6.07, 6.45) is 0.631. The molecule has 1 fully saturated rings. The van der Waals surface area contributed by atoms with Gasteiger partial charge in [-0.1, -0.05) is 48.5 Å². The molecule has 0 saturated carbocycles. The van der Waals surface area contributed by atoms with Crippen molar-refractivity contribution in [3.8, 4) is 0 Å². The zero-order chi connectivity index (χ0) is 22.6. The van der Waals surface area contributed by atoms with Crippen LogP contribution in [0.15, 0.2) is 54.6 Å². The van der Waals surface area contributed by atoms with Crippen LogP contribution in [0.3, 0.4) is 0 Å². The summed E-state index contributed by atoms with van der Waals surface area (Å²) in [7, 11) is 1.96. The van der Waals surface area contributed by atoms with Gasteiger partial charge in [0.2, 0.25) is 11.8 Å². The largest absolute Gasteiger partial charge is 0.483 e. The highest BCUT2D eigenvalue weighted by atomic mass is 16.3. The van der Waals surface area contributed by atoms with Crippen molar-refractivity contribution in [2.45, 2.75) is 37.8 Å². The van der Waals surface area contributed by atoms with E-state index in [4.69, 9.17) is 9.90 Å². The molecule has 0 bridgehead atoms. The number of carbonyl (C=O) groups excluding carboxylic acids is 2. The molecule has 2 aliphatic heterocycles. The number of likely N-dealkylation sites (tertiary alicyclic amines) is 1. The van der Waals surface area contributed by atoms with Gasteiger partial charge in [0.05, 0.1) is 12.6 Å². The van der Waals surface area contributed by atoms with Crippen molar-refractivity contribution >= 4 is 24.0 Å². The molecule has 2 aliphatic rings. The summed E-state index contributed by atoms with van der Waals surface area (Å²) in [4.78, 5) is 38.8. The molecule has 2 N–H and O–H groups in total. The summed E-state index contributed by atoms with van der Waals surface area (Å²) in [6.45, 7) is 4.83. The monoisotopic (exact) mass is 423 g/mol. The number of rotatable bonds is 4. The van der Waals surface area contributed by atoms with E-state index in [-0.39, 0.29) is 30.4 Å². The van der Waals surface area contributed by atoms with E-state index >= 15 is 0 Å². The van der Waals surface area contributed by atoms with E-state index in [0.29, 0.717) is 19.5 Å². The van der Waals surface area contributed by atoms with Crippen LogP contribution in [0.4, 0.5) is 5.69 Å². The van der Waals surface area contributed by atoms with Crippen molar-refractivity contribution in [1.82, 2.24) is 9.80 Å². The quantitative estimate of drug-likeness (QED) is 0.738. The minimum atomic E-state index is -0.732. The number of hydrogen-bond acceptors (Lipinski definition) is 4. The van der Waals surface area contributed by atoms with Gasteiger partial charge in [-0.2, -0.15) is 0 Å². The number of carboxylic acid groups (broad SMARTS) is 1. The van der Waals surface area contributed by atoms with Crippen LogP contribution in [0.5, 0.6) is 0 Å². The zero-order valence-corrected chi connectivity index (χ0v) is 18.1. The molecule has 0 aliphatic carbocycles. The average Bonchev–Trinajstić information content (AvgIpc) is 3.29. The number of likely N-dealkylation sites (N-methyl/N-ethyl adjacent to an activating group) is 1. The number of nitrogens with one attached hydrogen (secondary N) is 1. The maximum atomic E-state index is 13.3. The second-order valence-corrected chi connectivity index (χ2v) is 8.24. The van der Waals surface area contributed by atoms with Crippen LogP contribution < -0.4 is 5.32 Å². The van der Waals surface area contributed by atoms with Gasteiger partial charge < -0.3 is 15.3 Å².